The van der Waals surface area contributed by atoms with Crippen LogP contribution < -0.4 is 82.7 Å². The van der Waals surface area contributed by atoms with Crippen molar-refractivity contribution in [3.05, 3.63) is 84.5 Å². The summed E-state index contributed by atoms with van der Waals surface area (Å²) in [6.45, 7) is 21.0. The van der Waals surface area contributed by atoms with Crippen molar-refractivity contribution in [1.82, 2.24) is 72.4 Å². The number of imidazole rings is 3. The largest absolute Gasteiger partial charge is 0.508 e. The number of hydrogen-bond acceptors (Lipinski definition) is 23. The number of guanidine groups is 3. The van der Waals surface area contributed by atoms with E-state index in [2.05, 4.69) is 94.3 Å². The maximum Gasteiger partial charge on any atom is 0.243 e. The van der Waals surface area contributed by atoms with Crippen LogP contribution in [0.3, 0.4) is 0 Å². The first-order chi connectivity index (χ1) is 66.4. The van der Waals surface area contributed by atoms with Crippen LogP contribution in [0.2, 0.25) is 0 Å². The minimum atomic E-state index is -1.15. The average Bonchev–Trinajstić information content (AvgIpc) is 0.987. The number of hydrogen-bond donors (Lipinski definition) is 20. The summed E-state index contributed by atoms with van der Waals surface area (Å²) in [7, 11) is 0. The van der Waals surface area contributed by atoms with Gasteiger partial charge in [-0.15, -0.1) is 0 Å². The van der Waals surface area contributed by atoms with E-state index in [0.717, 1.165) is 24.8 Å². The van der Waals surface area contributed by atoms with E-state index in [0.29, 0.717) is 49.3 Å². The third-order valence-electron chi connectivity index (χ3n) is 24.4. The number of ketones is 6. The lowest BCUT2D eigenvalue weighted by atomic mass is 9.87. The summed E-state index contributed by atoms with van der Waals surface area (Å²) < 4.78 is 0. The zero-order chi connectivity index (χ0) is 104. The summed E-state index contributed by atoms with van der Waals surface area (Å²) >= 11 is 0. The minimum absolute atomic E-state index is 0.0183. The van der Waals surface area contributed by atoms with Crippen molar-refractivity contribution in [2.45, 2.75) is 343 Å². The molecule has 9 amide bonds. The Morgan fingerprint density at radius 3 is 1.21 bits per heavy atom. The number of Topliss-reactive ketones (excluding diaryl/α,β-unsaturated/α-hetero) is 6. The molecule has 1 unspecified atom stereocenters. The van der Waals surface area contributed by atoms with Crippen molar-refractivity contribution in [1.29, 1.82) is 0 Å². The predicted molar refractivity (Wildman–Crippen MR) is 536 cm³/mol. The molecule has 3 aromatic heterocycles. The summed E-state index contributed by atoms with van der Waals surface area (Å²) in [6, 6.07) is -1.99. The zero-order valence-electron chi connectivity index (χ0n) is 84.5. The highest BCUT2D eigenvalue weighted by atomic mass is 16.3. The summed E-state index contributed by atoms with van der Waals surface area (Å²) in [5.74, 6) is -13.8. The number of H-pyrrole nitrogens is 3. The molecule has 27 N–H and O–H groups in total. The number of aromatic hydroxyl groups is 1. The number of aliphatic hydroxyl groups is 1. The fraction of sp³-hybridized carbons (Fsp3) is 0.667. The third-order valence-corrected chi connectivity index (χ3v) is 24.4. The summed E-state index contributed by atoms with van der Waals surface area (Å²) in [4.78, 5) is 237. The van der Waals surface area contributed by atoms with E-state index in [1.54, 1.807) is 46.8 Å². The standard InChI is InChI=1S/C56H87N9O9.C43H77N15O8/c1-8-10-11-12-13-14-15-16-17-18-19-20-21-22-23-46(62-40(7)66)55(73)65-49(31-43-34-58-36-60-43)56(74)61-39(6)51(69)32-45(37(3)4)54(72)64-48(30-42-33-57-35-59-42)52(70)28-38(5)53(71)63-47(50(68)9-2)29-41-24-26-44(67)27-25-41;1-24(2)15-28(40(66)58-32(16-25(3)4)36(62)19-29(22-59)37(44)63)18-34(60)31(11-8-14-54-43(49)50)56-39(65)27(10-7-13-53-42(47)48)17-35(61)33(20-30-21-51-23-55-30)57-38(64)26(5)9-6-12-52-41(45)46/h24-27,33-39,45-49,67H,8-23,28-32H2,1-7H3,(H,57,59)(H,58,60)(H,61,74)(H,62,66)(H,63,71)(H,64,72)(H,65,73);21,23-29,31-33,59H,6-20,22H2,1-5H3,(H2,44,63)(H,51,55)(H,56,65)(H,57,64)(H,58,66)(H4,45,46,52)(H4,47,48,53)(H4,49,50,54)/t38-,39+,45+,46?,47+,48+,49+;26-,27+,28+,29-,31-,32-,33-/m10/s1. The molecule has 0 aliphatic heterocycles. The summed E-state index contributed by atoms with van der Waals surface area (Å²) in [5, 5.41) is 41.7. The maximum absolute atomic E-state index is 14.3. The first-order valence-electron chi connectivity index (χ1n) is 49.8. The topological polar surface area (TPSA) is 698 Å². The second-order valence-electron chi connectivity index (χ2n) is 38.1. The monoisotopic (exact) mass is 1960 g/mol. The minimum Gasteiger partial charge on any atom is -0.508 e. The van der Waals surface area contributed by atoms with Crippen LogP contribution in [0.15, 0.2) is 76.8 Å². The Bertz CT molecular complexity index is 4510. The Morgan fingerprint density at radius 2 is 0.757 bits per heavy atom. The number of phenolic OH excluding ortho intramolecular Hbond substituents is 1. The van der Waals surface area contributed by atoms with Gasteiger partial charge in [-0.05, 0) is 107 Å². The van der Waals surface area contributed by atoms with Crippen molar-refractivity contribution in [3.63, 3.8) is 0 Å². The number of amides is 9. The van der Waals surface area contributed by atoms with Gasteiger partial charge >= 0.3 is 0 Å². The van der Waals surface area contributed by atoms with Gasteiger partial charge in [0.1, 0.15) is 17.8 Å². The van der Waals surface area contributed by atoms with Gasteiger partial charge in [0.05, 0.1) is 67.8 Å². The van der Waals surface area contributed by atoms with Crippen molar-refractivity contribution >= 4 is 106 Å². The first-order valence-corrected chi connectivity index (χ1v) is 49.8. The second kappa shape index (κ2) is 67.9. The van der Waals surface area contributed by atoms with Crippen LogP contribution in [-0.2, 0) is 97.6 Å². The Kier molecular flexibility index (Phi) is 59.1. The van der Waals surface area contributed by atoms with Crippen LogP contribution >= 0.6 is 0 Å². The van der Waals surface area contributed by atoms with Gasteiger partial charge < -0.3 is 108 Å². The van der Waals surface area contributed by atoms with Gasteiger partial charge in [0.25, 0.3) is 0 Å². The molecule has 0 bridgehead atoms. The van der Waals surface area contributed by atoms with Gasteiger partial charge in [-0.25, -0.2) is 15.0 Å². The van der Waals surface area contributed by atoms with E-state index < -0.39 is 167 Å². The fourth-order valence-electron chi connectivity index (χ4n) is 16.1. The van der Waals surface area contributed by atoms with E-state index in [1.165, 1.54) is 128 Å². The quantitative estimate of drug-likeness (QED) is 0.0147. The Labute approximate surface area is 824 Å². The average molecular weight is 1960 g/mol. The second-order valence-corrected chi connectivity index (χ2v) is 38.1. The van der Waals surface area contributed by atoms with Crippen LogP contribution in [0.25, 0.3) is 0 Å². The number of primary amides is 1. The number of benzene rings is 1. The number of phenols is 1. The number of carbonyl (C=O) groups excluding carboxylic acids is 15. The van der Waals surface area contributed by atoms with E-state index in [-0.39, 0.29) is 169 Å². The van der Waals surface area contributed by atoms with E-state index in [4.69, 9.17) is 40.1 Å². The molecule has 4 rings (SSSR count). The molecule has 41 heteroatoms. The number of carbonyl (C=O) groups is 15. The van der Waals surface area contributed by atoms with Gasteiger partial charge in [0.2, 0.25) is 53.2 Å². The van der Waals surface area contributed by atoms with Gasteiger partial charge in [0, 0.05) is 150 Å². The molecule has 0 aliphatic carbocycles. The molecule has 0 aliphatic rings. The van der Waals surface area contributed by atoms with Crippen molar-refractivity contribution in [2.24, 2.45) is 108 Å². The lowest BCUT2D eigenvalue weighted by Gasteiger charge is -2.27. The molecule has 14 atom stereocenters. The highest BCUT2D eigenvalue weighted by molar-refractivity contribution is 6.00. The molecule has 0 fully saturated rings. The summed E-state index contributed by atoms with van der Waals surface area (Å²) in [6.07, 6.45) is 26.9. The molecule has 0 spiro atoms. The van der Waals surface area contributed by atoms with Crippen molar-refractivity contribution < 1.29 is 82.1 Å². The van der Waals surface area contributed by atoms with Crippen LogP contribution in [0.5, 0.6) is 5.75 Å². The number of nitrogens with two attached hydrogens (primary N) is 7. The molecule has 782 valence electrons. The van der Waals surface area contributed by atoms with Gasteiger partial charge in [-0.1, -0.05) is 171 Å². The number of nitrogens with zero attached hydrogens (tertiary/aromatic N) is 6. The lowest BCUT2D eigenvalue weighted by molar-refractivity contribution is -0.136. The number of rotatable bonds is 74. The number of nitrogens with one attached hydrogen (secondary N) is 11. The van der Waals surface area contributed by atoms with E-state index in [9.17, 15) is 82.1 Å². The van der Waals surface area contributed by atoms with Crippen LogP contribution in [0, 0.1) is 53.3 Å². The molecule has 0 radical (unpaired) electrons. The zero-order valence-corrected chi connectivity index (χ0v) is 84.5. The number of unbranched alkanes of at least 4 members (excludes halogenated alkanes) is 13. The van der Waals surface area contributed by atoms with E-state index in [1.807, 2.05) is 27.7 Å². The van der Waals surface area contributed by atoms with Gasteiger partial charge in [-0.3, -0.25) is 86.9 Å². The van der Waals surface area contributed by atoms with Crippen LogP contribution in [-0.4, -0.2) is 220 Å². The highest BCUT2D eigenvalue weighted by Crippen LogP contribution is 2.26. The highest BCUT2D eigenvalue weighted by Gasteiger charge is 2.39. The molecule has 41 nitrogen and oxygen atoms in total. The van der Waals surface area contributed by atoms with Crippen molar-refractivity contribution in [2.75, 3.05) is 26.2 Å². The van der Waals surface area contributed by atoms with Crippen LogP contribution in [0.4, 0.5) is 0 Å². The molecule has 3 heterocycles. The smallest absolute Gasteiger partial charge is 0.243 e. The SMILES string of the molecule is CC(C)C[C@H](CC(=O)[C@H](CCCN=C(N)N)NC(=O)[C@H](CCCN=C(N)N)CC(=O)[C@H](Cc1cnc[nH]1)NC(=O)[C@@H](C)CCCN=C(N)N)C(=O)N[C@@H](CC(C)C)C(=O)C[C@@H](CO)C(N)=O.CCCCCCCCCCCCCCCCC(NC(C)=O)C(=O)N[C@@H](Cc1cnc[nH]1)C(=O)N[C@@H](C)C(=O)C[C@H](C(=O)N[C@@H](Cc1cnc[nH]1)C(=O)C[C@@H](C)C(=O)N[C@@H](Cc1ccc(O)cc1)C(=O)CC)C(C)C. The predicted octanol–water partition coefficient (Wildman–Crippen LogP) is 5.51. The molecule has 4 aromatic rings. The van der Waals surface area contributed by atoms with Crippen molar-refractivity contribution in [3.8, 4) is 5.75 Å². The number of aliphatic hydroxyl groups excluding tert-OH is 1. The first kappa shape index (κ1) is 122. The number of aromatic nitrogens is 6. The third kappa shape index (κ3) is 51.0. The molecular formula is C99H164N24O17. The number of aliphatic imine (C=N–C) groups is 3. The molecule has 0 saturated heterocycles. The molecule has 140 heavy (non-hydrogen) atoms. The molecule has 1 aromatic carbocycles. The normalized spacial score (nSPS) is 14.3. The number of aromatic amines is 3. The lowest BCUT2D eigenvalue weighted by Crippen LogP contribution is -2.56. The van der Waals surface area contributed by atoms with Gasteiger partial charge in [0.15, 0.2) is 52.6 Å². The van der Waals surface area contributed by atoms with Gasteiger partial charge in [-0.2, -0.15) is 0 Å². The Hall–Kier alpha value is -12.3. The molecular weight excluding hydrogens is 1800 g/mol. The fourth-order valence-corrected chi connectivity index (χ4v) is 16.1. The Balaban J connectivity index is 0.000000725. The molecule has 0 saturated carbocycles. The maximum atomic E-state index is 14.3. The summed E-state index contributed by atoms with van der Waals surface area (Å²) in [5.41, 5.74) is 40.7. The van der Waals surface area contributed by atoms with E-state index >= 15 is 0 Å². The Morgan fingerprint density at radius 1 is 0.364 bits per heavy atom. The van der Waals surface area contributed by atoms with Crippen LogP contribution in [0.1, 0.15) is 292 Å².